The molecule has 0 aliphatic rings. The first-order chi connectivity index (χ1) is 8.58. The molecule has 0 aromatic carbocycles. The van der Waals surface area contributed by atoms with E-state index in [1.807, 2.05) is 30.8 Å². The predicted molar refractivity (Wildman–Crippen MR) is 69.1 cm³/mol. The molecule has 5 heteroatoms. The van der Waals surface area contributed by atoms with E-state index in [9.17, 15) is 0 Å². The molecule has 2 rings (SSSR count). The highest BCUT2D eigenvalue weighted by Gasteiger charge is 2.08. The number of aromatic nitrogens is 3. The first-order valence-electron chi connectivity index (χ1n) is 6.24. The Kier molecular flexibility index (Phi) is 3.81. The van der Waals surface area contributed by atoms with Gasteiger partial charge in [-0.25, -0.2) is 0 Å². The first kappa shape index (κ1) is 12.8. The molecular weight excluding hydrogens is 228 g/mol. The molecule has 0 fully saturated rings. The summed E-state index contributed by atoms with van der Waals surface area (Å²) in [6.45, 7) is 9.65. The molecule has 1 N–H and O–H groups in total. The normalized spacial score (nSPS) is 11.4. The quantitative estimate of drug-likeness (QED) is 0.882. The molecule has 18 heavy (non-hydrogen) atoms. The van der Waals surface area contributed by atoms with Gasteiger partial charge in [0.25, 0.3) is 0 Å². The predicted octanol–water partition coefficient (Wildman–Crippen LogP) is 2.36. The molecule has 0 saturated carbocycles. The Morgan fingerprint density at radius 2 is 2.11 bits per heavy atom. The van der Waals surface area contributed by atoms with Gasteiger partial charge in [0.15, 0.2) is 0 Å². The Morgan fingerprint density at radius 1 is 1.33 bits per heavy atom. The minimum absolute atomic E-state index is 0.404. The van der Waals surface area contributed by atoms with Crippen molar-refractivity contribution in [1.29, 1.82) is 0 Å². The molecule has 0 atom stereocenters. The number of hydrogen-bond donors (Lipinski definition) is 1. The Labute approximate surface area is 107 Å². The maximum Gasteiger partial charge on any atom is 0.138 e. The molecule has 0 bridgehead atoms. The van der Waals surface area contributed by atoms with Gasteiger partial charge in [-0.3, -0.25) is 4.68 Å². The number of hydrogen-bond acceptors (Lipinski definition) is 4. The molecule has 0 saturated heterocycles. The van der Waals surface area contributed by atoms with Crippen LogP contribution in [0.15, 0.2) is 16.8 Å². The van der Waals surface area contributed by atoms with Crippen LogP contribution in [0.2, 0.25) is 0 Å². The van der Waals surface area contributed by atoms with Crippen molar-refractivity contribution in [3.05, 3.63) is 35.0 Å². The van der Waals surface area contributed by atoms with Crippen LogP contribution in [-0.4, -0.2) is 14.9 Å². The highest BCUT2D eigenvalue weighted by atomic mass is 16.5. The van der Waals surface area contributed by atoms with Crippen molar-refractivity contribution in [2.45, 2.75) is 46.8 Å². The number of rotatable bonds is 5. The molecule has 0 amide bonds. The Bertz CT molecular complexity index is 493. The maximum atomic E-state index is 5.12. The maximum absolute atomic E-state index is 5.12. The van der Waals surface area contributed by atoms with Crippen LogP contribution in [0, 0.1) is 13.8 Å². The van der Waals surface area contributed by atoms with Crippen molar-refractivity contribution in [3.8, 4) is 0 Å². The van der Waals surface area contributed by atoms with E-state index in [2.05, 4.69) is 29.4 Å². The smallest absolute Gasteiger partial charge is 0.138 e. The summed E-state index contributed by atoms with van der Waals surface area (Å²) < 4.78 is 7.09. The van der Waals surface area contributed by atoms with E-state index < -0.39 is 0 Å². The minimum atomic E-state index is 0.404. The number of nitrogens with zero attached hydrogens (tertiary/aromatic N) is 3. The van der Waals surface area contributed by atoms with Crippen LogP contribution >= 0.6 is 0 Å². The van der Waals surface area contributed by atoms with Gasteiger partial charge in [-0.2, -0.15) is 5.10 Å². The third kappa shape index (κ3) is 2.79. The highest BCUT2D eigenvalue weighted by Crippen LogP contribution is 2.11. The molecule has 2 aromatic rings. The lowest BCUT2D eigenvalue weighted by Gasteiger charge is -2.04. The molecular formula is C13H20N4O. The monoisotopic (exact) mass is 248 g/mol. The Hall–Kier alpha value is -1.62. The Morgan fingerprint density at radius 3 is 2.67 bits per heavy atom. The number of aryl methyl sites for hydroxylation is 2. The third-order valence-electron chi connectivity index (χ3n) is 2.98. The van der Waals surface area contributed by atoms with Crippen LogP contribution in [-0.2, 0) is 13.1 Å². The zero-order chi connectivity index (χ0) is 13.1. The zero-order valence-corrected chi connectivity index (χ0v) is 11.4. The van der Waals surface area contributed by atoms with Crippen LogP contribution in [0.5, 0.6) is 0 Å². The average molecular weight is 248 g/mol. The van der Waals surface area contributed by atoms with Gasteiger partial charge in [0.1, 0.15) is 5.76 Å². The summed E-state index contributed by atoms with van der Waals surface area (Å²) in [5.41, 5.74) is 3.14. The van der Waals surface area contributed by atoms with Crippen molar-refractivity contribution in [3.63, 3.8) is 0 Å². The van der Waals surface area contributed by atoms with Gasteiger partial charge in [-0.05, 0) is 33.8 Å². The van der Waals surface area contributed by atoms with Crippen LogP contribution in [0.25, 0.3) is 0 Å². The van der Waals surface area contributed by atoms with Crippen LogP contribution < -0.4 is 5.32 Å². The van der Waals surface area contributed by atoms with E-state index >= 15 is 0 Å². The number of nitrogens with one attached hydrogen (secondary N) is 1. The molecule has 0 spiro atoms. The molecule has 0 unspecified atom stereocenters. The lowest BCUT2D eigenvalue weighted by atomic mass is 10.2. The molecule has 5 nitrogen and oxygen atoms in total. The summed E-state index contributed by atoms with van der Waals surface area (Å²) >= 11 is 0. The van der Waals surface area contributed by atoms with E-state index in [-0.39, 0.29) is 0 Å². The average Bonchev–Trinajstić information content (AvgIpc) is 2.90. The van der Waals surface area contributed by atoms with Gasteiger partial charge in [-0.15, -0.1) is 0 Å². The summed E-state index contributed by atoms with van der Waals surface area (Å²) in [6, 6.07) is 2.45. The van der Waals surface area contributed by atoms with Crippen molar-refractivity contribution >= 4 is 0 Å². The highest BCUT2D eigenvalue weighted by molar-refractivity contribution is 5.20. The summed E-state index contributed by atoms with van der Waals surface area (Å²) in [5.74, 6) is 0.882. The van der Waals surface area contributed by atoms with Crippen LogP contribution in [0.4, 0.5) is 0 Å². The summed E-state index contributed by atoms with van der Waals surface area (Å²) in [4.78, 5) is 0. The lowest BCUT2D eigenvalue weighted by molar-refractivity contribution is 0.392. The fraction of sp³-hybridized carbons (Fsp3) is 0.538. The van der Waals surface area contributed by atoms with Gasteiger partial charge in [-0.1, -0.05) is 5.16 Å². The molecule has 2 aromatic heterocycles. The van der Waals surface area contributed by atoms with E-state index in [4.69, 9.17) is 4.52 Å². The topological polar surface area (TPSA) is 55.9 Å². The van der Waals surface area contributed by atoms with Gasteiger partial charge in [0, 0.05) is 30.9 Å². The second-order valence-electron chi connectivity index (χ2n) is 4.79. The van der Waals surface area contributed by atoms with E-state index in [1.54, 1.807) is 0 Å². The minimum Gasteiger partial charge on any atom is -0.361 e. The van der Waals surface area contributed by atoms with Crippen molar-refractivity contribution < 1.29 is 4.52 Å². The van der Waals surface area contributed by atoms with Crippen molar-refractivity contribution in [2.24, 2.45) is 0 Å². The van der Waals surface area contributed by atoms with Gasteiger partial charge >= 0.3 is 0 Å². The molecule has 0 aliphatic carbocycles. The SMILES string of the molecule is Cc1noc(C)c1CNCc1ccn(C(C)C)n1. The summed E-state index contributed by atoms with van der Waals surface area (Å²) in [5, 5.41) is 11.8. The first-order valence-corrected chi connectivity index (χ1v) is 6.24. The summed E-state index contributed by atoms with van der Waals surface area (Å²) in [7, 11) is 0. The Balaban J connectivity index is 1.88. The van der Waals surface area contributed by atoms with Crippen LogP contribution in [0.3, 0.4) is 0 Å². The van der Waals surface area contributed by atoms with Crippen molar-refractivity contribution in [1.82, 2.24) is 20.3 Å². The van der Waals surface area contributed by atoms with Gasteiger partial charge < -0.3 is 9.84 Å². The largest absolute Gasteiger partial charge is 0.361 e. The second-order valence-corrected chi connectivity index (χ2v) is 4.79. The van der Waals surface area contributed by atoms with Gasteiger partial charge in [0.2, 0.25) is 0 Å². The van der Waals surface area contributed by atoms with Crippen molar-refractivity contribution in [2.75, 3.05) is 0 Å². The van der Waals surface area contributed by atoms with E-state index in [0.717, 1.165) is 35.8 Å². The zero-order valence-electron chi connectivity index (χ0n) is 11.4. The third-order valence-corrected chi connectivity index (χ3v) is 2.98. The fourth-order valence-corrected chi connectivity index (χ4v) is 1.83. The summed E-state index contributed by atoms with van der Waals surface area (Å²) in [6.07, 6.45) is 2.01. The second kappa shape index (κ2) is 5.35. The molecule has 0 aliphatic heterocycles. The van der Waals surface area contributed by atoms with Crippen LogP contribution in [0.1, 0.15) is 42.6 Å². The van der Waals surface area contributed by atoms with E-state index in [0.29, 0.717) is 6.04 Å². The molecule has 2 heterocycles. The molecule has 0 radical (unpaired) electrons. The van der Waals surface area contributed by atoms with Gasteiger partial charge in [0.05, 0.1) is 11.4 Å². The van der Waals surface area contributed by atoms with E-state index in [1.165, 1.54) is 0 Å². The standard InChI is InChI=1S/C13H20N4O/c1-9(2)17-6-5-12(15-17)7-14-8-13-10(3)16-18-11(13)4/h5-6,9,14H,7-8H2,1-4H3. The lowest BCUT2D eigenvalue weighted by Crippen LogP contribution is -2.14. The fourth-order valence-electron chi connectivity index (χ4n) is 1.83. The molecule has 98 valence electrons.